The Morgan fingerprint density at radius 2 is 2.11 bits per heavy atom. The number of carbonyl (C=O) groups excluding carboxylic acids is 1. The molecule has 0 aromatic heterocycles. The molecule has 0 aliphatic rings. The molecule has 0 aliphatic carbocycles. The number of benzene rings is 1. The lowest BCUT2D eigenvalue weighted by Crippen LogP contribution is -2.33. The summed E-state index contributed by atoms with van der Waals surface area (Å²) in [5, 5.41) is 22.1. The number of amides is 2. The number of rotatable bonds is 5. The van der Waals surface area contributed by atoms with Gasteiger partial charge in [0.25, 0.3) is 0 Å². The fourth-order valence-corrected chi connectivity index (χ4v) is 1.42. The highest BCUT2D eigenvalue weighted by molar-refractivity contribution is 6.33. The van der Waals surface area contributed by atoms with Gasteiger partial charge < -0.3 is 20.8 Å². The van der Waals surface area contributed by atoms with Gasteiger partial charge in [0.05, 0.1) is 10.7 Å². The molecule has 104 valence electrons. The second kappa shape index (κ2) is 6.91. The van der Waals surface area contributed by atoms with Crippen molar-refractivity contribution in [2.24, 2.45) is 0 Å². The smallest absolute Gasteiger partial charge is 0.332 e. The van der Waals surface area contributed by atoms with Gasteiger partial charge >= 0.3 is 12.0 Å². The van der Waals surface area contributed by atoms with Gasteiger partial charge in [-0.2, -0.15) is 0 Å². The standard InChI is InChI=1S/C11H12ClFN2O4/c12-7-5-6(13)1-2-8(7)15-11(19)14-4-3-9(16)10(17)18/h1-2,5,9,16H,3-4H2,(H,17,18)(H2,14,15,19). The molecule has 1 atom stereocenters. The van der Waals surface area contributed by atoms with E-state index >= 15 is 0 Å². The second-order valence-corrected chi connectivity index (χ2v) is 4.05. The summed E-state index contributed by atoms with van der Waals surface area (Å²) < 4.78 is 12.8. The maximum absolute atomic E-state index is 12.8. The number of aliphatic hydroxyl groups excluding tert-OH is 1. The molecule has 1 aromatic rings. The molecule has 1 rings (SSSR count). The Hall–Kier alpha value is -1.86. The van der Waals surface area contributed by atoms with Crippen LogP contribution in [0.15, 0.2) is 18.2 Å². The minimum absolute atomic E-state index is 0.0296. The Labute approximate surface area is 113 Å². The summed E-state index contributed by atoms with van der Waals surface area (Å²) in [5.74, 6) is -1.88. The first-order valence-electron chi connectivity index (χ1n) is 5.31. The zero-order valence-electron chi connectivity index (χ0n) is 9.69. The Kier molecular flexibility index (Phi) is 5.53. The van der Waals surface area contributed by atoms with E-state index in [0.29, 0.717) is 0 Å². The fourth-order valence-electron chi connectivity index (χ4n) is 1.20. The topological polar surface area (TPSA) is 98.7 Å². The zero-order valence-corrected chi connectivity index (χ0v) is 10.4. The maximum Gasteiger partial charge on any atom is 0.332 e. The van der Waals surface area contributed by atoms with Gasteiger partial charge in [0.15, 0.2) is 6.10 Å². The van der Waals surface area contributed by atoms with Crippen LogP contribution >= 0.6 is 11.6 Å². The minimum Gasteiger partial charge on any atom is -0.479 e. The number of anilines is 1. The number of carbonyl (C=O) groups is 2. The molecule has 1 unspecified atom stereocenters. The molecule has 0 heterocycles. The molecule has 0 aliphatic heterocycles. The van der Waals surface area contributed by atoms with Gasteiger partial charge in [-0.05, 0) is 18.2 Å². The van der Waals surface area contributed by atoms with E-state index in [4.69, 9.17) is 21.8 Å². The molecule has 2 amide bonds. The third-order valence-corrected chi connectivity index (χ3v) is 2.48. The molecule has 0 radical (unpaired) electrons. The average molecular weight is 291 g/mol. The van der Waals surface area contributed by atoms with Crippen molar-refractivity contribution in [2.45, 2.75) is 12.5 Å². The van der Waals surface area contributed by atoms with Crippen LogP contribution in [0.5, 0.6) is 0 Å². The largest absolute Gasteiger partial charge is 0.479 e. The van der Waals surface area contributed by atoms with Crippen LogP contribution in [0.25, 0.3) is 0 Å². The van der Waals surface area contributed by atoms with Crippen molar-refractivity contribution in [1.29, 1.82) is 0 Å². The molecule has 1 aromatic carbocycles. The highest BCUT2D eigenvalue weighted by Crippen LogP contribution is 2.22. The molecule has 8 heteroatoms. The Bertz CT molecular complexity index is 484. The SMILES string of the molecule is O=C(NCCC(O)C(=O)O)Nc1ccc(F)cc1Cl. The van der Waals surface area contributed by atoms with Crippen molar-refractivity contribution in [1.82, 2.24) is 5.32 Å². The monoisotopic (exact) mass is 290 g/mol. The molecular formula is C11H12ClFN2O4. The van der Waals surface area contributed by atoms with Gasteiger partial charge in [-0.15, -0.1) is 0 Å². The van der Waals surface area contributed by atoms with Crippen molar-refractivity contribution in [3.05, 3.63) is 29.0 Å². The predicted molar refractivity (Wildman–Crippen MR) is 66.7 cm³/mol. The van der Waals surface area contributed by atoms with Gasteiger partial charge in [0.1, 0.15) is 5.82 Å². The predicted octanol–water partition coefficient (Wildman–Crippen LogP) is 1.44. The quantitative estimate of drug-likeness (QED) is 0.659. The molecule has 0 spiro atoms. The van der Waals surface area contributed by atoms with Crippen LogP contribution in [0.3, 0.4) is 0 Å². The lowest BCUT2D eigenvalue weighted by molar-refractivity contribution is -0.146. The first kappa shape index (κ1) is 15.2. The summed E-state index contributed by atoms with van der Waals surface area (Å²) in [6.07, 6.45) is -1.66. The lowest BCUT2D eigenvalue weighted by Gasteiger charge is -2.10. The summed E-state index contributed by atoms with van der Waals surface area (Å²) in [7, 11) is 0. The Morgan fingerprint density at radius 3 is 2.68 bits per heavy atom. The van der Waals surface area contributed by atoms with Crippen LogP contribution in [-0.4, -0.2) is 34.9 Å². The maximum atomic E-state index is 12.8. The summed E-state index contributed by atoms with van der Waals surface area (Å²) in [6.45, 7) is -0.0296. The van der Waals surface area contributed by atoms with Crippen molar-refractivity contribution in [3.8, 4) is 0 Å². The van der Waals surface area contributed by atoms with Crippen molar-refractivity contribution in [3.63, 3.8) is 0 Å². The van der Waals surface area contributed by atoms with E-state index in [-0.39, 0.29) is 23.7 Å². The van der Waals surface area contributed by atoms with Crippen LogP contribution in [0.2, 0.25) is 5.02 Å². The normalized spacial score (nSPS) is 11.7. The highest BCUT2D eigenvalue weighted by atomic mass is 35.5. The number of nitrogens with one attached hydrogen (secondary N) is 2. The third kappa shape index (κ3) is 5.11. The van der Waals surface area contributed by atoms with Crippen molar-refractivity contribution >= 4 is 29.3 Å². The number of carboxylic acids is 1. The number of aliphatic hydroxyl groups is 1. The molecule has 0 saturated heterocycles. The van der Waals surface area contributed by atoms with E-state index < -0.39 is 23.9 Å². The first-order valence-corrected chi connectivity index (χ1v) is 5.68. The molecule has 6 nitrogen and oxygen atoms in total. The van der Waals surface area contributed by atoms with E-state index in [2.05, 4.69) is 10.6 Å². The summed E-state index contributed by atoms with van der Waals surface area (Å²) in [4.78, 5) is 21.7. The molecular weight excluding hydrogens is 279 g/mol. The third-order valence-electron chi connectivity index (χ3n) is 2.17. The number of carboxylic acid groups (broad SMARTS) is 1. The van der Waals surface area contributed by atoms with Crippen LogP contribution in [-0.2, 0) is 4.79 Å². The van der Waals surface area contributed by atoms with Gasteiger partial charge in [0.2, 0.25) is 0 Å². The van der Waals surface area contributed by atoms with Gasteiger partial charge in [0, 0.05) is 13.0 Å². The van der Waals surface area contributed by atoms with E-state index in [9.17, 15) is 14.0 Å². The van der Waals surface area contributed by atoms with E-state index in [1.54, 1.807) is 0 Å². The molecule has 0 bridgehead atoms. The van der Waals surface area contributed by atoms with Crippen molar-refractivity contribution < 1.29 is 24.2 Å². The molecule has 4 N–H and O–H groups in total. The molecule has 0 fully saturated rings. The number of halogens is 2. The summed E-state index contributed by atoms with van der Waals surface area (Å²) in [6, 6.07) is 2.84. The number of urea groups is 1. The lowest BCUT2D eigenvalue weighted by atomic mass is 10.2. The van der Waals surface area contributed by atoms with Crippen LogP contribution < -0.4 is 10.6 Å². The summed E-state index contributed by atoms with van der Waals surface area (Å²) >= 11 is 5.70. The van der Waals surface area contributed by atoms with Crippen molar-refractivity contribution in [2.75, 3.05) is 11.9 Å². The Morgan fingerprint density at radius 1 is 1.42 bits per heavy atom. The first-order chi connectivity index (χ1) is 8.90. The molecule has 19 heavy (non-hydrogen) atoms. The van der Waals surface area contributed by atoms with Gasteiger partial charge in [-0.25, -0.2) is 14.0 Å². The van der Waals surface area contributed by atoms with Gasteiger partial charge in [-0.3, -0.25) is 0 Å². The minimum atomic E-state index is -1.53. The van der Waals surface area contributed by atoms with Crippen LogP contribution in [0.4, 0.5) is 14.9 Å². The van der Waals surface area contributed by atoms with E-state index in [1.165, 1.54) is 6.07 Å². The van der Waals surface area contributed by atoms with Crippen LogP contribution in [0, 0.1) is 5.82 Å². The second-order valence-electron chi connectivity index (χ2n) is 3.65. The fraction of sp³-hybridized carbons (Fsp3) is 0.273. The Balaban J connectivity index is 2.41. The highest BCUT2D eigenvalue weighted by Gasteiger charge is 2.13. The van der Waals surface area contributed by atoms with E-state index in [0.717, 1.165) is 12.1 Å². The van der Waals surface area contributed by atoms with Crippen LogP contribution in [0.1, 0.15) is 6.42 Å². The molecule has 0 saturated carbocycles. The van der Waals surface area contributed by atoms with E-state index in [1.807, 2.05) is 0 Å². The number of hydrogen-bond donors (Lipinski definition) is 4. The average Bonchev–Trinajstić information content (AvgIpc) is 2.32. The number of aliphatic carboxylic acids is 1. The summed E-state index contributed by atoms with van der Waals surface area (Å²) in [5.41, 5.74) is 0.222. The van der Waals surface area contributed by atoms with Gasteiger partial charge in [-0.1, -0.05) is 11.6 Å². The zero-order chi connectivity index (χ0) is 14.4. The number of hydrogen-bond acceptors (Lipinski definition) is 3.